The van der Waals surface area contributed by atoms with E-state index < -0.39 is 0 Å². The van der Waals surface area contributed by atoms with Gasteiger partial charge < -0.3 is 10.5 Å². The van der Waals surface area contributed by atoms with Crippen molar-refractivity contribution in [1.29, 1.82) is 0 Å². The van der Waals surface area contributed by atoms with Gasteiger partial charge in [-0.25, -0.2) is 0 Å². The Hall–Kier alpha value is -1.02. The van der Waals surface area contributed by atoms with E-state index in [2.05, 4.69) is 25.1 Å². The second kappa shape index (κ2) is 6.06. The van der Waals surface area contributed by atoms with Gasteiger partial charge in [0, 0.05) is 6.04 Å². The SMILES string of the molecule is CCCC(N)COc1ccc2c(c1)CCCC2. The average molecular weight is 233 g/mol. The average Bonchev–Trinajstić information content (AvgIpc) is 2.36. The van der Waals surface area contributed by atoms with Gasteiger partial charge in [-0.1, -0.05) is 19.4 Å². The Kier molecular flexibility index (Phi) is 4.43. The van der Waals surface area contributed by atoms with E-state index in [1.807, 2.05) is 0 Å². The molecule has 0 heterocycles. The van der Waals surface area contributed by atoms with E-state index in [0.29, 0.717) is 6.61 Å². The molecule has 0 fully saturated rings. The fourth-order valence-electron chi connectivity index (χ4n) is 2.46. The van der Waals surface area contributed by atoms with Gasteiger partial charge in [0.2, 0.25) is 0 Å². The lowest BCUT2D eigenvalue weighted by molar-refractivity contribution is 0.281. The molecule has 0 amide bonds. The Morgan fingerprint density at radius 1 is 1.24 bits per heavy atom. The molecule has 1 aromatic carbocycles. The summed E-state index contributed by atoms with van der Waals surface area (Å²) in [5, 5.41) is 0. The Bertz CT molecular complexity index is 362. The maximum Gasteiger partial charge on any atom is 0.119 e. The maximum absolute atomic E-state index is 5.94. The van der Waals surface area contributed by atoms with Crippen LogP contribution in [-0.2, 0) is 12.8 Å². The van der Waals surface area contributed by atoms with Crippen LogP contribution in [0.3, 0.4) is 0 Å². The largest absolute Gasteiger partial charge is 0.492 e. The van der Waals surface area contributed by atoms with Crippen LogP contribution in [-0.4, -0.2) is 12.6 Å². The zero-order valence-electron chi connectivity index (χ0n) is 10.7. The molecule has 0 saturated heterocycles. The van der Waals surface area contributed by atoms with Crippen LogP contribution >= 0.6 is 0 Å². The quantitative estimate of drug-likeness (QED) is 0.848. The van der Waals surface area contributed by atoms with Crippen LogP contribution in [0.1, 0.15) is 43.7 Å². The summed E-state index contributed by atoms with van der Waals surface area (Å²) in [5.41, 5.74) is 8.92. The van der Waals surface area contributed by atoms with Crippen LogP contribution < -0.4 is 10.5 Å². The van der Waals surface area contributed by atoms with Crippen molar-refractivity contribution in [3.05, 3.63) is 29.3 Å². The summed E-state index contributed by atoms with van der Waals surface area (Å²) in [6.45, 7) is 2.78. The lowest BCUT2D eigenvalue weighted by Crippen LogP contribution is -2.27. The van der Waals surface area contributed by atoms with E-state index in [9.17, 15) is 0 Å². The van der Waals surface area contributed by atoms with Gasteiger partial charge >= 0.3 is 0 Å². The minimum Gasteiger partial charge on any atom is -0.492 e. The van der Waals surface area contributed by atoms with E-state index >= 15 is 0 Å². The zero-order valence-corrected chi connectivity index (χ0v) is 10.7. The minimum atomic E-state index is 0.163. The molecule has 2 nitrogen and oxygen atoms in total. The summed E-state index contributed by atoms with van der Waals surface area (Å²) in [4.78, 5) is 0. The van der Waals surface area contributed by atoms with Crippen LogP contribution in [0.2, 0.25) is 0 Å². The fraction of sp³-hybridized carbons (Fsp3) is 0.600. The molecule has 0 saturated carbocycles. The highest BCUT2D eigenvalue weighted by Crippen LogP contribution is 2.25. The number of fused-ring (bicyclic) bond motifs is 1. The lowest BCUT2D eigenvalue weighted by Gasteiger charge is -2.18. The minimum absolute atomic E-state index is 0.163. The Labute approximate surface area is 104 Å². The smallest absolute Gasteiger partial charge is 0.119 e. The monoisotopic (exact) mass is 233 g/mol. The topological polar surface area (TPSA) is 35.2 Å². The van der Waals surface area contributed by atoms with E-state index in [-0.39, 0.29) is 6.04 Å². The first kappa shape index (κ1) is 12.4. The van der Waals surface area contributed by atoms with E-state index in [0.717, 1.165) is 18.6 Å². The van der Waals surface area contributed by atoms with Crippen LogP contribution in [0.25, 0.3) is 0 Å². The molecule has 1 aliphatic carbocycles. The number of rotatable bonds is 5. The highest BCUT2D eigenvalue weighted by Gasteiger charge is 2.10. The predicted molar refractivity (Wildman–Crippen MR) is 71.5 cm³/mol. The maximum atomic E-state index is 5.94. The van der Waals surface area contributed by atoms with Crippen LogP contribution in [0.4, 0.5) is 0 Å². The molecule has 17 heavy (non-hydrogen) atoms. The molecule has 2 rings (SSSR count). The molecule has 1 atom stereocenters. The van der Waals surface area contributed by atoms with E-state index in [1.165, 1.54) is 36.8 Å². The molecule has 0 aromatic heterocycles. The highest BCUT2D eigenvalue weighted by molar-refractivity contribution is 5.37. The summed E-state index contributed by atoms with van der Waals surface area (Å²) in [6.07, 6.45) is 7.22. The van der Waals surface area contributed by atoms with Gasteiger partial charge in [0.25, 0.3) is 0 Å². The third kappa shape index (κ3) is 3.47. The van der Waals surface area contributed by atoms with Crippen LogP contribution in [0.5, 0.6) is 5.75 Å². The summed E-state index contributed by atoms with van der Waals surface area (Å²) in [7, 11) is 0. The molecular weight excluding hydrogens is 210 g/mol. The Morgan fingerprint density at radius 2 is 2.00 bits per heavy atom. The zero-order chi connectivity index (χ0) is 12.1. The molecular formula is C15H23NO. The molecule has 1 aromatic rings. The molecule has 2 N–H and O–H groups in total. The molecule has 0 aliphatic heterocycles. The summed E-state index contributed by atoms with van der Waals surface area (Å²) >= 11 is 0. The van der Waals surface area contributed by atoms with E-state index in [4.69, 9.17) is 10.5 Å². The van der Waals surface area contributed by atoms with Gasteiger partial charge in [0.1, 0.15) is 12.4 Å². The van der Waals surface area contributed by atoms with Crippen LogP contribution in [0, 0.1) is 0 Å². The molecule has 2 heteroatoms. The van der Waals surface area contributed by atoms with Gasteiger partial charge in [0.15, 0.2) is 0 Å². The molecule has 94 valence electrons. The normalized spacial score (nSPS) is 16.4. The number of benzene rings is 1. The number of aryl methyl sites for hydroxylation is 2. The number of ether oxygens (including phenoxy) is 1. The molecule has 0 bridgehead atoms. The third-order valence-corrected chi connectivity index (χ3v) is 3.44. The third-order valence-electron chi connectivity index (χ3n) is 3.44. The Balaban J connectivity index is 1.93. The van der Waals surface area contributed by atoms with Crippen molar-refractivity contribution in [1.82, 2.24) is 0 Å². The molecule has 1 unspecified atom stereocenters. The molecule has 0 radical (unpaired) electrons. The van der Waals surface area contributed by atoms with Crippen molar-refractivity contribution in [2.24, 2.45) is 5.73 Å². The van der Waals surface area contributed by atoms with Crippen LogP contribution in [0.15, 0.2) is 18.2 Å². The summed E-state index contributed by atoms with van der Waals surface area (Å²) < 4.78 is 5.76. The first-order valence-corrected chi connectivity index (χ1v) is 6.79. The van der Waals surface area contributed by atoms with Gasteiger partial charge in [0.05, 0.1) is 0 Å². The summed E-state index contributed by atoms with van der Waals surface area (Å²) in [5.74, 6) is 0.984. The summed E-state index contributed by atoms with van der Waals surface area (Å²) in [6, 6.07) is 6.67. The van der Waals surface area contributed by atoms with Gasteiger partial charge in [-0.15, -0.1) is 0 Å². The predicted octanol–water partition coefficient (Wildman–Crippen LogP) is 3.07. The molecule has 1 aliphatic rings. The van der Waals surface area contributed by atoms with E-state index in [1.54, 1.807) is 0 Å². The van der Waals surface area contributed by atoms with Crippen molar-refractivity contribution >= 4 is 0 Å². The standard InChI is InChI=1S/C15H23NO/c1-2-5-14(16)11-17-15-9-8-12-6-3-4-7-13(12)10-15/h8-10,14H,2-7,11,16H2,1H3. The Morgan fingerprint density at radius 3 is 2.76 bits per heavy atom. The second-order valence-electron chi connectivity index (χ2n) is 5.00. The number of nitrogens with two attached hydrogens (primary N) is 1. The van der Waals surface area contributed by atoms with Gasteiger partial charge in [-0.05, 0) is 55.4 Å². The first-order chi connectivity index (χ1) is 8.29. The van der Waals surface area contributed by atoms with Crippen molar-refractivity contribution in [3.63, 3.8) is 0 Å². The van der Waals surface area contributed by atoms with Crippen molar-refractivity contribution in [2.75, 3.05) is 6.61 Å². The fourth-order valence-corrected chi connectivity index (χ4v) is 2.46. The molecule has 0 spiro atoms. The number of hydrogen-bond acceptors (Lipinski definition) is 2. The van der Waals surface area contributed by atoms with Gasteiger partial charge in [-0.3, -0.25) is 0 Å². The van der Waals surface area contributed by atoms with Crippen molar-refractivity contribution in [3.8, 4) is 5.75 Å². The highest BCUT2D eigenvalue weighted by atomic mass is 16.5. The van der Waals surface area contributed by atoms with Crippen molar-refractivity contribution < 1.29 is 4.74 Å². The van der Waals surface area contributed by atoms with Crippen molar-refractivity contribution in [2.45, 2.75) is 51.5 Å². The lowest BCUT2D eigenvalue weighted by atomic mass is 9.92. The van der Waals surface area contributed by atoms with Gasteiger partial charge in [-0.2, -0.15) is 0 Å². The second-order valence-corrected chi connectivity index (χ2v) is 5.00. The first-order valence-electron chi connectivity index (χ1n) is 6.79. The number of hydrogen-bond donors (Lipinski definition) is 1.